The lowest BCUT2D eigenvalue weighted by atomic mass is 10.3. The normalized spacial score (nSPS) is 21.5. The zero-order chi connectivity index (χ0) is 16.9. The molecular formula is C14H16N3O5+. The minimum atomic E-state index is -1.10. The lowest BCUT2D eigenvalue weighted by molar-refractivity contribution is -0.760. The highest BCUT2D eigenvalue weighted by atomic mass is 16.3. The van der Waals surface area contributed by atoms with Gasteiger partial charge in [-0.25, -0.2) is 19.3 Å². The van der Waals surface area contributed by atoms with Crippen LogP contribution in [0.2, 0.25) is 0 Å². The molecule has 1 heterocycles. The van der Waals surface area contributed by atoms with Crippen LogP contribution >= 0.6 is 0 Å². The third kappa shape index (κ3) is 2.51. The molecule has 22 heavy (non-hydrogen) atoms. The summed E-state index contributed by atoms with van der Waals surface area (Å²) in [6.07, 6.45) is 3.68. The molecule has 1 aliphatic rings. The molecule has 0 N–H and O–H groups in total. The summed E-state index contributed by atoms with van der Waals surface area (Å²) in [5, 5.41) is 0. The summed E-state index contributed by atoms with van der Waals surface area (Å²) in [6.45, 7) is 9.12. The first kappa shape index (κ1) is 17.2. The van der Waals surface area contributed by atoms with E-state index in [1.165, 1.54) is 12.2 Å². The number of amides is 7. The Labute approximate surface area is 127 Å². The fourth-order valence-electron chi connectivity index (χ4n) is 2.09. The molecule has 1 saturated heterocycles. The van der Waals surface area contributed by atoms with Crippen molar-refractivity contribution in [2.75, 3.05) is 19.6 Å². The maximum atomic E-state index is 12.5. The van der Waals surface area contributed by atoms with Crippen LogP contribution in [0.25, 0.3) is 0 Å². The van der Waals surface area contributed by atoms with Gasteiger partial charge in [0.05, 0.1) is 6.54 Å². The van der Waals surface area contributed by atoms with Crippen molar-refractivity contribution in [3.63, 3.8) is 0 Å². The standard InChI is InChI=1S/C14H16N3O5/c1-4-7-15-12(20)16(11(19)6-3)14(22)17(8-5-2,9-10-18)13(15)21/h4-6,10H,1-3,7-9H2/q+1. The van der Waals surface area contributed by atoms with Crippen LogP contribution in [0.5, 0.6) is 0 Å². The first-order valence-corrected chi connectivity index (χ1v) is 6.30. The summed E-state index contributed by atoms with van der Waals surface area (Å²) in [6, 6.07) is -3.11. The van der Waals surface area contributed by atoms with E-state index in [9.17, 15) is 24.0 Å². The van der Waals surface area contributed by atoms with Gasteiger partial charge in [0.25, 0.3) is 5.91 Å². The number of urea groups is 3. The van der Waals surface area contributed by atoms with Gasteiger partial charge in [0.1, 0.15) is 6.54 Å². The van der Waals surface area contributed by atoms with E-state index in [4.69, 9.17) is 0 Å². The van der Waals surface area contributed by atoms with E-state index < -0.39 is 35.0 Å². The Balaban J connectivity index is 3.52. The van der Waals surface area contributed by atoms with Crippen molar-refractivity contribution >= 4 is 30.3 Å². The molecule has 0 saturated carbocycles. The fourth-order valence-corrected chi connectivity index (χ4v) is 2.09. The van der Waals surface area contributed by atoms with Crippen LogP contribution in [0.4, 0.5) is 14.4 Å². The lowest BCUT2D eigenvalue weighted by Gasteiger charge is -2.40. The molecule has 1 atom stereocenters. The minimum Gasteiger partial charge on any atom is -0.297 e. The highest BCUT2D eigenvalue weighted by Crippen LogP contribution is 2.24. The van der Waals surface area contributed by atoms with Crippen LogP contribution in [0.1, 0.15) is 0 Å². The van der Waals surface area contributed by atoms with E-state index in [0.717, 1.165) is 6.08 Å². The zero-order valence-electron chi connectivity index (χ0n) is 11.9. The molecule has 8 nitrogen and oxygen atoms in total. The average molecular weight is 306 g/mol. The predicted molar refractivity (Wildman–Crippen MR) is 76.4 cm³/mol. The van der Waals surface area contributed by atoms with Gasteiger partial charge in [-0.3, -0.25) is 9.59 Å². The zero-order valence-corrected chi connectivity index (χ0v) is 11.9. The fraction of sp³-hybridized carbons (Fsp3) is 0.214. The smallest absolute Gasteiger partial charge is 0.297 e. The average Bonchev–Trinajstić information content (AvgIpc) is 2.50. The molecule has 7 amide bonds. The molecule has 0 radical (unpaired) electrons. The number of quaternary nitrogens is 1. The number of carbonyl (C=O) groups excluding carboxylic acids is 5. The number of imide groups is 5. The van der Waals surface area contributed by atoms with Crippen LogP contribution in [0, 0.1) is 0 Å². The van der Waals surface area contributed by atoms with Gasteiger partial charge in [-0.1, -0.05) is 19.2 Å². The summed E-state index contributed by atoms with van der Waals surface area (Å²) in [4.78, 5) is 61.0. The van der Waals surface area contributed by atoms with E-state index in [1.54, 1.807) is 0 Å². The summed E-state index contributed by atoms with van der Waals surface area (Å²) < 4.78 is -1.05. The Morgan fingerprint density at radius 2 is 1.68 bits per heavy atom. The highest BCUT2D eigenvalue weighted by Gasteiger charge is 2.59. The second kappa shape index (κ2) is 6.72. The maximum absolute atomic E-state index is 12.5. The summed E-state index contributed by atoms with van der Waals surface area (Å²) in [7, 11) is 0. The molecule has 0 bridgehead atoms. The van der Waals surface area contributed by atoms with Crippen LogP contribution in [0.15, 0.2) is 38.0 Å². The Kier molecular flexibility index (Phi) is 5.25. The van der Waals surface area contributed by atoms with E-state index >= 15 is 0 Å². The predicted octanol–water partition coefficient (Wildman–Crippen LogP) is 1.06. The third-order valence-electron chi connectivity index (χ3n) is 3.11. The van der Waals surface area contributed by atoms with Crippen LogP contribution < -0.4 is 0 Å². The van der Waals surface area contributed by atoms with Gasteiger partial charge in [0, 0.05) is 0 Å². The van der Waals surface area contributed by atoms with Crippen molar-refractivity contribution in [2.45, 2.75) is 0 Å². The van der Waals surface area contributed by atoms with E-state index in [-0.39, 0.29) is 13.1 Å². The molecular weight excluding hydrogens is 290 g/mol. The summed E-state index contributed by atoms with van der Waals surface area (Å²) in [5.74, 6) is -0.978. The molecule has 1 fully saturated rings. The van der Waals surface area contributed by atoms with Gasteiger partial charge in [0.15, 0.2) is 12.8 Å². The van der Waals surface area contributed by atoms with Crippen LogP contribution in [-0.4, -0.2) is 64.2 Å². The van der Waals surface area contributed by atoms with Crippen molar-refractivity contribution in [1.82, 2.24) is 9.80 Å². The largest absolute Gasteiger partial charge is 0.444 e. The van der Waals surface area contributed by atoms with Gasteiger partial charge in [0.2, 0.25) is 0 Å². The number of hydrogen-bond donors (Lipinski definition) is 0. The molecule has 0 aliphatic carbocycles. The second-order valence-corrected chi connectivity index (χ2v) is 4.41. The Morgan fingerprint density at radius 1 is 1.05 bits per heavy atom. The van der Waals surface area contributed by atoms with Crippen molar-refractivity contribution in [2.24, 2.45) is 0 Å². The number of nitrogens with zero attached hydrogens (tertiary/aromatic N) is 3. The molecule has 116 valence electrons. The Morgan fingerprint density at radius 3 is 2.14 bits per heavy atom. The SMILES string of the molecule is C=CCN1C(=O)N(C(=O)C=C)C(=O)[N+](CC=C)(CC=O)C1=O. The second-order valence-electron chi connectivity index (χ2n) is 4.41. The molecule has 0 aromatic heterocycles. The number of aldehydes is 1. The van der Waals surface area contributed by atoms with E-state index in [1.807, 2.05) is 0 Å². The minimum absolute atomic E-state index is 0.206. The molecule has 1 unspecified atom stereocenters. The van der Waals surface area contributed by atoms with E-state index in [0.29, 0.717) is 16.1 Å². The van der Waals surface area contributed by atoms with Gasteiger partial charge in [-0.2, -0.15) is 0 Å². The van der Waals surface area contributed by atoms with Crippen molar-refractivity contribution in [3.8, 4) is 0 Å². The number of rotatable bonds is 7. The van der Waals surface area contributed by atoms with Crippen molar-refractivity contribution in [1.29, 1.82) is 0 Å². The molecule has 1 rings (SSSR count). The monoisotopic (exact) mass is 306 g/mol. The molecule has 0 aromatic rings. The first-order valence-electron chi connectivity index (χ1n) is 6.30. The van der Waals surface area contributed by atoms with E-state index in [2.05, 4.69) is 19.7 Å². The van der Waals surface area contributed by atoms with Crippen molar-refractivity contribution < 1.29 is 28.5 Å². The summed E-state index contributed by atoms with van der Waals surface area (Å²) in [5.41, 5.74) is 0. The Hall–Kier alpha value is -2.87. The quantitative estimate of drug-likeness (QED) is 0.303. The topological polar surface area (TPSA) is 91.8 Å². The van der Waals surface area contributed by atoms with Crippen LogP contribution in [-0.2, 0) is 9.59 Å². The Bertz CT molecular complexity index is 571. The molecule has 8 heteroatoms. The van der Waals surface area contributed by atoms with Gasteiger partial charge in [-0.05, 0) is 12.2 Å². The van der Waals surface area contributed by atoms with Crippen molar-refractivity contribution in [3.05, 3.63) is 38.0 Å². The highest BCUT2D eigenvalue weighted by molar-refractivity contribution is 6.18. The maximum Gasteiger partial charge on any atom is 0.444 e. The van der Waals surface area contributed by atoms with Gasteiger partial charge in [-0.15, -0.1) is 16.0 Å². The molecule has 0 aromatic carbocycles. The number of hydrogen-bond acceptors (Lipinski definition) is 5. The third-order valence-corrected chi connectivity index (χ3v) is 3.11. The molecule has 1 aliphatic heterocycles. The van der Waals surface area contributed by atoms with Crippen LogP contribution in [0.3, 0.4) is 0 Å². The van der Waals surface area contributed by atoms with Gasteiger partial charge < -0.3 is 0 Å². The van der Waals surface area contributed by atoms with Gasteiger partial charge >= 0.3 is 18.1 Å². The molecule has 0 spiro atoms. The lowest BCUT2D eigenvalue weighted by Crippen LogP contribution is -2.74. The first-order chi connectivity index (χ1) is 10.4. The number of carbonyl (C=O) groups is 5. The summed E-state index contributed by atoms with van der Waals surface area (Å²) >= 11 is 0.